The predicted octanol–water partition coefficient (Wildman–Crippen LogP) is 3.16. The summed E-state index contributed by atoms with van der Waals surface area (Å²) in [4.78, 5) is 21.7. The van der Waals surface area contributed by atoms with Gasteiger partial charge in [-0.15, -0.1) is 5.10 Å². The molecule has 31 heavy (non-hydrogen) atoms. The summed E-state index contributed by atoms with van der Waals surface area (Å²) in [5, 5.41) is 6.49. The van der Waals surface area contributed by atoms with E-state index in [1.54, 1.807) is 18.2 Å². The summed E-state index contributed by atoms with van der Waals surface area (Å²) >= 11 is 0. The normalized spacial score (nSPS) is 17.7. The van der Waals surface area contributed by atoms with Crippen LogP contribution in [-0.2, 0) is 17.5 Å². The molecule has 0 bridgehead atoms. The summed E-state index contributed by atoms with van der Waals surface area (Å²) in [6.45, 7) is 4.87. The number of carbonyl (C=O) groups is 1. The predicted molar refractivity (Wildman–Crippen MR) is 108 cm³/mol. The first kappa shape index (κ1) is 21.2. The van der Waals surface area contributed by atoms with E-state index in [0.29, 0.717) is 30.3 Å². The molecule has 4 rings (SSSR count). The van der Waals surface area contributed by atoms with Crippen LogP contribution in [0.15, 0.2) is 36.5 Å². The van der Waals surface area contributed by atoms with Crippen molar-refractivity contribution < 1.29 is 18.0 Å². The molecule has 0 radical (unpaired) electrons. The van der Waals surface area contributed by atoms with E-state index in [1.807, 2.05) is 12.1 Å². The van der Waals surface area contributed by atoms with Crippen molar-refractivity contribution in [1.29, 1.82) is 0 Å². The Kier molecular flexibility index (Phi) is 5.90. The fourth-order valence-electron chi connectivity index (χ4n) is 3.82. The number of nitrogens with one attached hydrogen (secondary N) is 1. The maximum absolute atomic E-state index is 12.9. The third-order valence-electron chi connectivity index (χ3n) is 5.34. The number of rotatable bonds is 5. The molecule has 1 aromatic carbocycles. The molecule has 1 N–H and O–H groups in total. The molecule has 1 aliphatic heterocycles. The number of carbonyl (C=O) groups excluding carboxylic acids is 1. The molecule has 3 aromatic rings. The number of alkyl halides is 3. The van der Waals surface area contributed by atoms with Gasteiger partial charge in [-0.3, -0.25) is 9.69 Å². The van der Waals surface area contributed by atoms with Gasteiger partial charge in [0.05, 0.1) is 12.2 Å². The summed E-state index contributed by atoms with van der Waals surface area (Å²) in [5.41, 5.74) is 2.01. The number of aromatic nitrogens is 4. The van der Waals surface area contributed by atoms with Gasteiger partial charge in [0.2, 0.25) is 5.91 Å². The molecule has 0 saturated carbocycles. The van der Waals surface area contributed by atoms with Crippen molar-refractivity contribution >= 4 is 11.7 Å². The van der Waals surface area contributed by atoms with E-state index < -0.39 is 12.0 Å². The SMILES string of the molecule is C[C@@H]1CCCN(CC(=O)NCc2ccc(-c3ccnc4nc(C(F)(F)F)nn34)cc2)C1. The van der Waals surface area contributed by atoms with Crippen LogP contribution < -0.4 is 5.32 Å². The highest BCUT2D eigenvalue weighted by Crippen LogP contribution is 2.28. The molecule has 10 heteroatoms. The third-order valence-corrected chi connectivity index (χ3v) is 5.34. The first-order chi connectivity index (χ1) is 14.8. The highest BCUT2D eigenvalue weighted by atomic mass is 19.4. The van der Waals surface area contributed by atoms with Crippen LogP contribution in [0.5, 0.6) is 0 Å². The summed E-state index contributed by atoms with van der Waals surface area (Å²) in [6.07, 6.45) is -0.914. The summed E-state index contributed by atoms with van der Waals surface area (Å²) in [7, 11) is 0. The zero-order valence-corrected chi connectivity index (χ0v) is 17.1. The van der Waals surface area contributed by atoms with Gasteiger partial charge in [-0.25, -0.2) is 4.98 Å². The first-order valence-corrected chi connectivity index (χ1v) is 10.2. The molecule has 1 saturated heterocycles. The fraction of sp³-hybridized carbons (Fsp3) is 0.429. The van der Waals surface area contributed by atoms with Crippen molar-refractivity contribution in [2.45, 2.75) is 32.5 Å². The van der Waals surface area contributed by atoms with Crippen molar-refractivity contribution in [3.05, 3.63) is 47.9 Å². The van der Waals surface area contributed by atoms with Crippen molar-refractivity contribution in [3.63, 3.8) is 0 Å². The zero-order valence-electron chi connectivity index (χ0n) is 17.1. The van der Waals surface area contributed by atoms with Crippen molar-refractivity contribution in [1.82, 2.24) is 29.8 Å². The highest BCUT2D eigenvalue weighted by Gasteiger charge is 2.36. The van der Waals surface area contributed by atoms with Crippen molar-refractivity contribution in [3.8, 4) is 11.3 Å². The topological polar surface area (TPSA) is 75.4 Å². The van der Waals surface area contributed by atoms with Crippen molar-refractivity contribution in [2.24, 2.45) is 5.92 Å². The Labute approximate surface area is 177 Å². The molecule has 164 valence electrons. The van der Waals surface area contributed by atoms with E-state index in [-0.39, 0.29) is 11.7 Å². The molecule has 2 aromatic heterocycles. The smallest absolute Gasteiger partial charge is 0.351 e. The van der Waals surface area contributed by atoms with Crippen LogP contribution in [-0.4, -0.2) is 50.0 Å². The Bertz CT molecular complexity index is 1060. The molecule has 1 atom stereocenters. The zero-order chi connectivity index (χ0) is 22.0. The Morgan fingerprint density at radius 2 is 2.00 bits per heavy atom. The van der Waals surface area contributed by atoms with Gasteiger partial charge in [0, 0.05) is 24.8 Å². The molecule has 7 nitrogen and oxygen atoms in total. The van der Waals surface area contributed by atoms with Crippen LogP contribution in [0.3, 0.4) is 0 Å². The number of benzene rings is 1. The highest BCUT2D eigenvalue weighted by molar-refractivity contribution is 5.78. The van der Waals surface area contributed by atoms with Gasteiger partial charge in [0.25, 0.3) is 11.6 Å². The van der Waals surface area contributed by atoms with Crippen LogP contribution >= 0.6 is 0 Å². The minimum absolute atomic E-state index is 0.0173. The Morgan fingerprint density at radius 1 is 1.23 bits per heavy atom. The second-order valence-electron chi connectivity index (χ2n) is 7.93. The lowest BCUT2D eigenvalue weighted by Crippen LogP contribution is -2.41. The number of amides is 1. The maximum atomic E-state index is 12.9. The third kappa shape index (κ3) is 5.01. The van der Waals surface area contributed by atoms with Crippen LogP contribution in [0, 0.1) is 5.92 Å². The minimum Gasteiger partial charge on any atom is -0.351 e. The largest absolute Gasteiger partial charge is 0.453 e. The van der Waals surface area contributed by atoms with Gasteiger partial charge in [-0.1, -0.05) is 31.2 Å². The van der Waals surface area contributed by atoms with Crippen LogP contribution in [0.2, 0.25) is 0 Å². The summed E-state index contributed by atoms with van der Waals surface area (Å²) in [6, 6.07) is 8.78. The lowest BCUT2D eigenvalue weighted by molar-refractivity contribution is -0.144. The molecule has 1 amide bonds. The van der Waals surface area contributed by atoms with Gasteiger partial charge in [0.1, 0.15) is 0 Å². The second kappa shape index (κ2) is 8.62. The Morgan fingerprint density at radius 3 is 2.71 bits per heavy atom. The number of hydrogen-bond acceptors (Lipinski definition) is 5. The molecule has 0 spiro atoms. The number of nitrogens with zero attached hydrogens (tertiary/aromatic N) is 5. The summed E-state index contributed by atoms with van der Waals surface area (Å²) in [5.74, 6) is -0.745. The van der Waals surface area contributed by atoms with Crippen LogP contribution in [0.1, 0.15) is 31.2 Å². The minimum atomic E-state index is -4.64. The number of hydrogen-bond donors (Lipinski definition) is 1. The quantitative estimate of drug-likeness (QED) is 0.670. The van der Waals surface area contributed by atoms with Gasteiger partial charge in [0.15, 0.2) is 0 Å². The van der Waals surface area contributed by atoms with E-state index in [9.17, 15) is 18.0 Å². The molecule has 3 heterocycles. The average molecular weight is 432 g/mol. The van der Waals surface area contributed by atoms with Gasteiger partial charge in [-0.05, 0) is 36.9 Å². The molecule has 0 aliphatic carbocycles. The maximum Gasteiger partial charge on any atom is 0.453 e. The summed E-state index contributed by atoms with van der Waals surface area (Å²) < 4.78 is 39.9. The Balaban J connectivity index is 1.41. The Hall–Kier alpha value is -3.01. The average Bonchev–Trinajstić information content (AvgIpc) is 3.18. The monoisotopic (exact) mass is 432 g/mol. The van der Waals surface area contributed by atoms with Gasteiger partial charge in [-0.2, -0.15) is 22.7 Å². The number of halogens is 3. The van der Waals surface area contributed by atoms with E-state index in [2.05, 4.69) is 32.2 Å². The van der Waals surface area contributed by atoms with Crippen LogP contribution in [0.4, 0.5) is 13.2 Å². The molecular formula is C21H23F3N6O. The molecular weight excluding hydrogens is 409 g/mol. The lowest BCUT2D eigenvalue weighted by atomic mass is 10.0. The fourth-order valence-corrected chi connectivity index (χ4v) is 3.82. The van der Waals surface area contributed by atoms with Gasteiger partial charge >= 0.3 is 6.18 Å². The van der Waals surface area contributed by atoms with Crippen molar-refractivity contribution in [2.75, 3.05) is 19.6 Å². The van der Waals surface area contributed by atoms with Gasteiger partial charge < -0.3 is 5.32 Å². The van der Waals surface area contributed by atoms with E-state index in [1.165, 1.54) is 12.6 Å². The number of fused-ring (bicyclic) bond motifs is 1. The van der Waals surface area contributed by atoms with Crippen LogP contribution in [0.25, 0.3) is 17.0 Å². The molecule has 1 aliphatic rings. The second-order valence-corrected chi connectivity index (χ2v) is 7.93. The van der Waals surface area contributed by atoms with E-state index in [0.717, 1.165) is 29.6 Å². The molecule has 1 fully saturated rings. The van der Waals surface area contributed by atoms with E-state index in [4.69, 9.17) is 0 Å². The molecule has 0 unspecified atom stereocenters. The number of likely N-dealkylation sites (tertiary alicyclic amines) is 1. The lowest BCUT2D eigenvalue weighted by Gasteiger charge is -2.30. The number of piperidine rings is 1. The standard InChI is InChI=1S/C21H23F3N6O/c1-14-3-2-10-29(12-14)13-18(31)26-11-15-4-6-16(7-5-15)17-8-9-25-20-27-19(21(22,23)24)28-30(17)20/h4-9,14H,2-3,10-13H2,1H3,(H,26,31)/t14-/m1/s1. The first-order valence-electron chi connectivity index (χ1n) is 10.2. The van der Waals surface area contributed by atoms with E-state index >= 15 is 0 Å².